The van der Waals surface area contributed by atoms with Crippen molar-refractivity contribution in [3.8, 4) is 16.9 Å². The Morgan fingerprint density at radius 3 is 1.85 bits per heavy atom. The number of ketones is 2. The van der Waals surface area contributed by atoms with E-state index in [2.05, 4.69) is 0 Å². The molecule has 0 atom stereocenters. The van der Waals surface area contributed by atoms with Crippen molar-refractivity contribution in [1.82, 2.24) is 0 Å². The molecule has 0 saturated heterocycles. The molecule has 4 rings (SSSR count). The van der Waals surface area contributed by atoms with Gasteiger partial charge < -0.3 is 4.74 Å². The lowest BCUT2D eigenvalue weighted by Gasteiger charge is -2.18. The predicted molar refractivity (Wildman–Crippen MR) is 96.5 cm³/mol. The average Bonchev–Trinajstić information content (AvgIpc) is 2.66. The molecule has 0 spiro atoms. The van der Waals surface area contributed by atoms with Crippen LogP contribution in [-0.2, 0) is 4.79 Å². The zero-order chi connectivity index (χ0) is 18.3. The fourth-order valence-corrected chi connectivity index (χ4v) is 3.16. The molecule has 0 saturated carbocycles. The van der Waals surface area contributed by atoms with Crippen LogP contribution < -0.4 is 4.74 Å². The summed E-state index contributed by atoms with van der Waals surface area (Å²) in [7, 11) is 0. The van der Waals surface area contributed by atoms with Gasteiger partial charge in [-0.25, -0.2) is 0 Å². The first-order valence-corrected chi connectivity index (χ1v) is 8.16. The summed E-state index contributed by atoms with van der Waals surface area (Å²) in [5, 5.41) is 0. The van der Waals surface area contributed by atoms with E-state index in [0.29, 0.717) is 28.0 Å². The van der Waals surface area contributed by atoms with Gasteiger partial charge in [0.1, 0.15) is 5.75 Å². The minimum atomic E-state index is -0.380. The number of carbonyl (C=O) groups is 3. The van der Waals surface area contributed by atoms with Gasteiger partial charge in [-0.05, 0) is 35.4 Å². The number of hydrogen-bond acceptors (Lipinski definition) is 4. The van der Waals surface area contributed by atoms with Crippen molar-refractivity contribution >= 4 is 17.5 Å². The molecular weight excluding hydrogens is 328 g/mol. The molecule has 3 aromatic carbocycles. The molecule has 4 heteroatoms. The molecule has 126 valence electrons. The van der Waals surface area contributed by atoms with Crippen molar-refractivity contribution in [2.24, 2.45) is 0 Å². The van der Waals surface area contributed by atoms with Crippen molar-refractivity contribution in [3.63, 3.8) is 0 Å². The number of rotatable bonds is 2. The lowest BCUT2D eigenvalue weighted by Crippen LogP contribution is -2.20. The summed E-state index contributed by atoms with van der Waals surface area (Å²) < 4.78 is 5.03. The quantitative estimate of drug-likeness (QED) is 0.407. The van der Waals surface area contributed by atoms with Crippen LogP contribution in [0.4, 0.5) is 0 Å². The molecule has 0 bridgehead atoms. The van der Waals surface area contributed by atoms with Gasteiger partial charge >= 0.3 is 5.97 Å². The van der Waals surface area contributed by atoms with Gasteiger partial charge in [-0.3, -0.25) is 14.4 Å². The molecule has 1 aliphatic rings. The van der Waals surface area contributed by atoms with Crippen LogP contribution in [0, 0.1) is 0 Å². The molecule has 3 aromatic rings. The zero-order valence-corrected chi connectivity index (χ0v) is 14.0. The summed E-state index contributed by atoms with van der Waals surface area (Å²) in [6.07, 6.45) is 0. The van der Waals surface area contributed by atoms with Crippen molar-refractivity contribution in [2.45, 2.75) is 6.92 Å². The Labute approximate surface area is 150 Å². The maximum Gasteiger partial charge on any atom is 0.308 e. The number of ether oxygens (including phenoxy) is 1. The van der Waals surface area contributed by atoms with E-state index in [4.69, 9.17) is 4.74 Å². The lowest BCUT2D eigenvalue weighted by molar-refractivity contribution is -0.131. The van der Waals surface area contributed by atoms with Gasteiger partial charge in [-0.1, -0.05) is 42.5 Å². The molecule has 0 amide bonds. The third-order valence-corrected chi connectivity index (χ3v) is 4.37. The van der Waals surface area contributed by atoms with Crippen LogP contribution in [0.25, 0.3) is 11.1 Å². The molecule has 0 radical (unpaired) electrons. The van der Waals surface area contributed by atoms with Gasteiger partial charge in [-0.15, -0.1) is 0 Å². The summed E-state index contributed by atoms with van der Waals surface area (Å²) in [5.74, 6) is -0.200. The van der Waals surface area contributed by atoms with E-state index in [0.717, 1.165) is 11.1 Å². The Morgan fingerprint density at radius 1 is 0.692 bits per heavy atom. The van der Waals surface area contributed by atoms with E-state index in [-0.39, 0.29) is 17.5 Å². The minimum Gasteiger partial charge on any atom is -0.427 e. The largest absolute Gasteiger partial charge is 0.427 e. The molecule has 0 aromatic heterocycles. The van der Waals surface area contributed by atoms with Crippen LogP contribution in [0.2, 0.25) is 0 Å². The first-order valence-electron chi connectivity index (χ1n) is 8.16. The molecule has 0 heterocycles. The van der Waals surface area contributed by atoms with Gasteiger partial charge in [0.05, 0.1) is 0 Å². The fraction of sp³-hybridized carbons (Fsp3) is 0.0455. The number of hydrogen-bond donors (Lipinski definition) is 0. The third kappa shape index (κ3) is 2.62. The predicted octanol–water partition coefficient (Wildman–Crippen LogP) is 4.05. The maximum atomic E-state index is 12.8. The van der Waals surface area contributed by atoms with Gasteiger partial charge in [-0.2, -0.15) is 0 Å². The van der Waals surface area contributed by atoms with Crippen molar-refractivity contribution in [2.75, 3.05) is 0 Å². The maximum absolute atomic E-state index is 12.8. The van der Waals surface area contributed by atoms with Crippen LogP contribution in [0.1, 0.15) is 38.8 Å². The zero-order valence-electron chi connectivity index (χ0n) is 14.0. The summed E-state index contributed by atoms with van der Waals surface area (Å²) in [6.45, 7) is 1.35. The number of benzene rings is 3. The van der Waals surface area contributed by atoms with E-state index in [1.807, 2.05) is 18.2 Å². The second-order valence-electron chi connectivity index (χ2n) is 6.08. The first kappa shape index (κ1) is 16.0. The molecular formula is C22H14O4. The topological polar surface area (TPSA) is 60.4 Å². The lowest BCUT2D eigenvalue weighted by atomic mass is 9.83. The van der Waals surface area contributed by atoms with E-state index in [9.17, 15) is 14.4 Å². The Hall–Kier alpha value is -3.53. The Kier molecular flexibility index (Phi) is 3.73. The monoisotopic (exact) mass is 342 g/mol. The molecule has 4 nitrogen and oxygen atoms in total. The highest BCUT2D eigenvalue weighted by atomic mass is 16.5. The van der Waals surface area contributed by atoms with E-state index < -0.39 is 0 Å². The molecule has 26 heavy (non-hydrogen) atoms. The molecule has 0 fully saturated rings. The highest BCUT2D eigenvalue weighted by Gasteiger charge is 2.29. The number of fused-ring (bicyclic) bond motifs is 2. The van der Waals surface area contributed by atoms with Crippen LogP contribution >= 0.6 is 0 Å². The van der Waals surface area contributed by atoms with Gasteiger partial charge in [0.25, 0.3) is 0 Å². The van der Waals surface area contributed by atoms with E-state index in [1.165, 1.54) is 6.92 Å². The fourth-order valence-electron chi connectivity index (χ4n) is 3.16. The second kappa shape index (κ2) is 6.08. The van der Waals surface area contributed by atoms with Gasteiger partial charge in [0, 0.05) is 29.2 Å². The van der Waals surface area contributed by atoms with Gasteiger partial charge in [0.2, 0.25) is 0 Å². The van der Waals surface area contributed by atoms with Gasteiger partial charge in [0.15, 0.2) is 11.6 Å². The van der Waals surface area contributed by atoms with E-state index >= 15 is 0 Å². The first-order chi connectivity index (χ1) is 12.5. The van der Waals surface area contributed by atoms with Crippen molar-refractivity contribution < 1.29 is 19.1 Å². The Bertz CT molecular complexity index is 1060. The van der Waals surface area contributed by atoms with E-state index in [1.54, 1.807) is 48.5 Å². The average molecular weight is 342 g/mol. The van der Waals surface area contributed by atoms with Crippen LogP contribution in [0.3, 0.4) is 0 Å². The molecule has 0 aliphatic heterocycles. The van der Waals surface area contributed by atoms with Crippen molar-refractivity contribution in [1.29, 1.82) is 0 Å². The highest BCUT2D eigenvalue weighted by molar-refractivity contribution is 6.28. The third-order valence-electron chi connectivity index (χ3n) is 4.37. The standard InChI is InChI=1S/C22H14O4/c1-13(23)26-16-9-6-14(7-10-16)15-8-11-19-20(12-15)22(25)18-5-3-2-4-17(18)21(19)24/h2-12H,1H3. The summed E-state index contributed by atoms with van der Waals surface area (Å²) in [4.78, 5) is 36.5. The summed E-state index contributed by atoms with van der Waals surface area (Å²) in [5.41, 5.74) is 3.40. The summed E-state index contributed by atoms with van der Waals surface area (Å²) in [6, 6.07) is 19.1. The number of carbonyl (C=O) groups excluding carboxylic acids is 3. The smallest absolute Gasteiger partial charge is 0.308 e. The normalized spacial score (nSPS) is 12.3. The SMILES string of the molecule is CC(=O)Oc1ccc(-c2ccc3c(c2)C(=O)c2ccccc2C3=O)cc1. The van der Waals surface area contributed by atoms with Crippen LogP contribution in [-0.4, -0.2) is 17.5 Å². The summed E-state index contributed by atoms with van der Waals surface area (Å²) >= 11 is 0. The van der Waals surface area contributed by atoms with Crippen LogP contribution in [0.15, 0.2) is 66.7 Å². The molecule has 0 unspecified atom stereocenters. The molecule has 0 N–H and O–H groups in total. The molecule has 1 aliphatic carbocycles. The minimum absolute atomic E-state index is 0.132. The highest BCUT2D eigenvalue weighted by Crippen LogP contribution is 2.31. The van der Waals surface area contributed by atoms with Crippen molar-refractivity contribution in [3.05, 3.63) is 89.0 Å². The second-order valence-corrected chi connectivity index (χ2v) is 6.08. The van der Waals surface area contributed by atoms with Crippen LogP contribution in [0.5, 0.6) is 5.75 Å². The Morgan fingerprint density at radius 2 is 1.23 bits per heavy atom. The Balaban J connectivity index is 1.75. The number of esters is 1.